The van der Waals surface area contributed by atoms with E-state index >= 15 is 0 Å². The monoisotopic (exact) mass is 364 g/mol. The molecule has 0 saturated carbocycles. The summed E-state index contributed by atoms with van der Waals surface area (Å²) in [6.07, 6.45) is 6.67. The summed E-state index contributed by atoms with van der Waals surface area (Å²) in [5.74, 6) is 0.878. The fraction of sp³-hybridized carbons (Fsp3) is 0.150. The third-order valence-corrected chi connectivity index (χ3v) is 3.89. The SMILES string of the molecule is COc1ccc(NC(=O)c2cncc(NCc3ccncc3)c2)cc1OC. The fourth-order valence-corrected chi connectivity index (χ4v) is 2.48. The molecule has 7 heteroatoms. The van der Waals surface area contributed by atoms with Gasteiger partial charge in [0.1, 0.15) is 0 Å². The third kappa shape index (κ3) is 4.72. The van der Waals surface area contributed by atoms with Gasteiger partial charge in [0.05, 0.1) is 25.5 Å². The van der Waals surface area contributed by atoms with Gasteiger partial charge < -0.3 is 20.1 Å². The molecule has 1 aromatic carbocycles. The maximum atomic E-state index is 12.5. The second-order valence-corrected chi connectivity index (χ2v) is 5.70. The molecule has 0 saturated heterocycles. The van der Waals surface area contributed by atoms with Gasteiger partial charge in [0.25, 0.3) is 5.91 Å². The lowest BCUT2D eigenvalue weighted by Gasteiger charge is -2.11. The van der Waals surface area contributed by atoms with Crippen LogP contribution in [-0.4, -0.2) is 30.1 Å². The average Bonchev–Trinajstić information content (AvgIpc) is 2.73. The molecule has 0 bridgehead atoms. The molecule has 0 spiro atoms. The predicted octanol–water partition coefficient (Wildman–Crippen LogP) is 3.36. The molecule has 0 aliphatic rings. The summed E-state index contributed by atoms with van der Waals surface area (Å²) in [6, 6.07) is 10.8. The minimum Gasteiger partial charge on any atom is -0.493 e. The van der Waals surface area contributed by atoms with Gasteiger partial charge in [0.15, 0.2) is 11.5 Å². The van der Waals surface area contributed by atoms with Crippen LogP contribution in [0.3, 0.4) is 0 Å². The number of rotatable bonds is 7. The Morgan fingerprint density at radius 3 is 2.44 bits per heavy atom. The Bertz CT molecular complexity index is 916. The molecule has 2 N–H and O–H groups in total. The largest absolute Gasteiger partial charge is 0.493 e. The molecule has 3 aromatic rings. The number of carbonyl (C=O) groups excluding carboxylic acids is 1. The Morgan fingerprint density at radius 1 is 0.926 bits per heavy atom. The van der Waals surface area contributed by atoms with Crippen LogP contribution in [0.5, 0.6) is 11.5 Å². The summed E-state index contributed by atoms with van der Waals surface area (Å²) in [7, 11) is 3.11. The minimum absolute atomic E-state index is 0.262. The summed E-state index contributed by atoms with van der Waals surface area (Å²) in [4.78, 5) is 20.7. The number of hydrogen-bond donors (Lipinski definition) is 2. The van der Waals surface area contributed by atoms with Crippen LogP contribution in [0.25, 0.3) is 0 Å². The highest BCUT2D eigenvalue weighted by atomic mass is 16.5. The normalized spacial score (nSPS) is 10.1. The van der Waals surface area contributed by atoms with Crippen LogP contribution in [-0.2, 0) is 6.54 Å². The van der Waals surface area contributed by atoms with E-state index in [2.05, 4.69) is 20.6 Å². The molecule has 2 heterocycles. The van der Waals surface area contributed by atoms with E-state index in [1.165, 1.54) is 6.20 Å². The van der Waals surface area contributed by atoms with Gasteiger partial charge in [-0.25, -0.2) is 0 Å². The summed E-state index contributed by atoms with van der Waals surface area (Å²) in [5, 5.41) is 6.08. The average molecular weight is 364 g/mol. The van der Waals surface area contributed by atoms with Crippen LogP contribution in [0.15, 0.2) is 61.2 Å². The van der Waals surface area contributed by atoms with Crippen molar-refractivity contribution in [1.82, 2.24) is 9.97 Å². The summed E-state index contributed by atoms with van der Waals surface area (Å²) < 4.78 is 10.5. The van der Waals surface area contributed by atoms with Crippen molar-refractivity contribution in [2.75, 3.05) is 24.9 Å². The number of anilines is 2. The quantitative estimate of drug-likeness (QED) is 0.669. The molecule has 138 valence electrons. The van der Waals surface area contributed by atoms with Crippen molar-refractivity contribution in [3.63, 3.8) is 0 Å². The van der Waals surface area contributed by atoms with Crippen LogP contribution >= 0.6 is 0 Å². The van der Waals surface area contributed by atoms with Crippen LogP contribution in [0.1, 0.15) is 15.9 Å². The standard InChI is InChI=1S/C20H20N4O3/c1-26-18-4-3-16(10-19(18)27-2)24-20(25)15-9-17(13-22-12-15)23-11-14-5-7-21-8-6-14/h3-10,12-13,23H,11H2,1-2H3,(H,24,25). The second kappa shape index (κ2) is 8.66. The number of nitrogens with zero attached hydrogens (tertiary/aromatic N) is 2. The van der Waals surface area contributed by atoms with E-state index in [1.807, 2.05) is 12.1 Å². The maximum Gasteiger partial charge on any atom is 0.257 e. The lowest BCUT2D eigenvalue weighted by atomic mass is 10.2. The lowest BCUT2D eigenvalue weighted by molar-refractivity contribution is 0.102. The molecule has 0 aliphatic carbocycles. The number of ether oxygens (including phenoxy) is 2. The maximum absolute atomic E-state index is 12.5. The Balaban J connectivity index is 1.68. The van der Waals surface area contributed by atoms with E-state index in [1.54, 1.807) is 57.1 Å². The van der Waals surface area contributed by atoms with Crippen molar-refractivity contribution in [1.29, 1.82) is 0 Å². The van der Waals surface area contributed by atoms with Gasteiger partial charge in [0.2, 0.25) is 0 Å². The fourth-order valence-electron chi connectivity index (χ4n) is 2.48. The molecular weight excluding hydrogens is 344 g/mol. The molecule has 3 rings (SSSR count). The molecule has 1 amide bonds. The number of pyridine rings is 2. The second-order valence-electron chi connectivity index (χ2n) is 5.70. The summed E-state index contributed by atoms with van der Waals surface area (Å²) >= 11 is 0. The summed E-state index contributed by atoms with van der Waals surface area (Å²) in [5.41, 5.74) is 2.90. The molecule has 0 unspecified atom stereocenters. The van der Waals surface area contributed by atoms with Gasteiger partial charge in [-0.15, -0.1) is 0 Å². The van der Waals surface area contributed by atoms with Crippen molar-refractivity contribution in [2.24, 2.45) is 0 Å². The van der Waals surface area contributed by atoms with Gasteiger partial charge >= 0.3 is 0 Å². The zero-order valence-electron chi connectivity index (χ0n) is 15.1. The van der Waals surface area contributed by atoms with Crippen molar-refractivity contribution in [3.05, 3.63) is 72.3 Å². The van der Waals surface area contributed by atoms with E-state index < -0.39 is 0 Å². The van der Waals surface area contributed by atoms with E-state index in [9.17, 15) is 4.79 Å². The van der Waals surface area contributed by atoms with Crippen molar-refractivity contribution < 1.29 is 14.3 Å². The highest BCUT2D eigenvalue weighted by Crippen LogP contribution is 2.29. The van der Waals surface area contributed by atoms with Crippen LogP contribution < -0.4 is 20.1 Å². The Kier molecular flexibility index (Phi) is 5.84. The van der Waals surface area contributed by atoms with Gasteiger partial charge in [-0.05, 0) is 35.9 Å². The number of carbonyl (C=O) groups is 1. The number of nitrogens with one attached hydrogen (secondary N) is 2. The number of amides is 1. The van der Waals surface area contributed by atoms with Crippen molar-refractivity contribution >= 4 is 17.3 Å². The molecule has 0 fully saturated rings. The van der Waals surface area contributed by atoms with E-state index in [4.69, 9.17) is 9.47 Å². The Labute approximate surface area is 157 Å². The van der Waals surface area contributed by atoms with Crippen molar-refractivity contribution in [3.8, 4) is 11.5 Å². The smallest absolute Gasteiger partial charge is 0.257 e. The van der Waals surface area contributed by atoms with Gasteiger partial charge in [-0.3, -0.25) is 14.8 Å². The van der Waals surface area contributed by atoms with E-state index in [-0.39, 0.29) is 5.91 Å². The molecule has 27 heavy (non-hydrogen) atoms. The van der Waals surface area contributed by atoms with Crippen LogP contribution in [0, 0.1) is 0 Å². The number of hydrogen-bond acceptors (Lipinski definition) is 6. The van der Waals surface area contributed by atoms with Crippen molar-refractivity contribution in [2.45, 2.75) is 6.54 Å². The molecule has 0 aliphatic heterocycles. The first-order valence-electron chi connectivity index (χ1n) is 8.31. The highest BCUT2D eigenvalue weighted by Gasteiger charge is 2.10. The molecular formula is C20H20N4O3. The highest BCUT2D eigenvalue weighted by molar-refractivity contribution is 6.04. The van der Waals surface area contributed by atoms with Gasteiger partial charge in [0, 0.05) is 43.1 Å². The Morgan fingerprint density at radius 2 is 1.70 bits per heavy atom. The number of aromatic nitrogens is 2. The molecule has 7 nitrogen and oxygen atoms in total. The molecule has 2 aromatic heterocycles. The zero-order valence-corrected chi connectivity index (χ0v) is 15.1. The predicted molar refractivity (Wildman–Crippen MR) is 103 cm³/mol. The van der Waals surface area contributed by atoms with E-state index in [0.717, 1.165) is 11.3 Å². The Hall–Kier alpha value is -3.61. The first-order valence-corrected chi connectivity index (χ1v) is 8.31. The van der Waals surface area contributed by atoms with Crippen LogP contribution in [0.4, 0.5) is 11.4 Å². The molecule has 0 atom stereocenters. The van der Waals surface area contributed by atoms with Gasteiger partial charge in [-0.1, -0.05) is 0 Å². The lowest BCUT2D eigenvalue weighted by Crippen LogP contribution is -2.13. The molecule has 0 radical (unpaired) electrons. The third-order valence-electron chi connectivity index (χ3n) is 3.89. The topological polar surface area (TPSA) is 85.4 Å². The number of methoxy groups -OCH3 is 2. The van der Waals surface area contributed by atoms with Gasteiger partial charge in [-0.2, -0.15) is 0 Å². The minimum atomic E-state index is -0.262. The zero-order chi connectivity index (χ0) is 19.1. The van der Waals surface area contributed by atoms with Crippen LogP contribution in [0.2, 0.25) is 0 Å². The first kappa shape index (κ1) is 18.2. The summed E-state index contributed by atoms with van der Waals surface area (Å²) in [6.45, 7) is 0.616. The first-order chi connectivity index (χ1) is 13.2. The number of benzene rings is 1. The van der Waals surface area contributed by atoms with E-state index in [0.29, 0.717) is 29.3 Å².